The lowest BCUT2D eigenvalue weighted by atomic mass is 10.2. The molecule has 0 atom stereocenters. The predicted octanol–water partition coefficient (Wildman–Crippen LogP) is 1.22. The number of nitrogens with zero attached hydrogens (tertiary/aromatic N) is 2. The Bertz CT molecular complexity index is 531. The summed E-state index contributed by atoms with van der Waals surface area (Å²) in [6, 6.07) is 6.29. The maximum atomic E-state index is 13.7. The van der Waals surface area contributed by atoms with Crippen LogP contribution in [0.2, 0.25) is 0 Å². The largest absolute Gasteiger partial charge is 0.465 e. The fourth-order valence-electron chi connectivity index (χ4n) is 2.33. The van der Waals surface area contributed by atoms with Crippen molar-refractivity contribution in [3.05, 3.63) is 30.1 Å². The molecule has 1 fully saturated rings. The molecule has 1 N–H and O–H groups in total. The summed E-state index contributed by atoms with van der Waals surface area (Å²) in [5, 5.41) is 2.52. The molecule has 2 amide bonds. The average Bonchev–Trinajstić information content (AvgIpc) is 2.53. The smallest absolute Gasteiger partial charge is 0.325 e. The standard InChI is InChI=1S/C15H20FN3O3/c1-2-22-14(20)11-17-15(21)19-9-7-18(8-10-19)13-6-4-3-5-12(13)16/h3-6H,2,7-11H2,1H3,(H,17,21). The van der Waals surface area contributed by atoms with Gasteiger partial charge in [-0.15, -0.1) is 0 Å². The highest BCUT2D eigenvalue weighted by Gasteiger charge is 2.22. The van der Waals surface area contributed by atoms with Crippen LogP contribution >= 0.6 is 0 Å². The van der Waals surface area contributed by atoms with E-state index < -0.39 is 5.97 Å². The second-order valence-electron chi connectivity index (χ2n) is 4.89. The Morgan fingerprint density at radius 3 is 2.55 bits per heavy atom. The zero-order valence-corrected chi connectivity index (χ0v) is 12.5. The van der Waals surface area contributed by atoms with E-state index in [0.717, 1.165) is 0 Å². The highest BCUT2D eigenvalue weighted by molar-refractivity contribution is 5.81. The zero-order chi connectivity index (χ0) is 15.9. The predicted molar refractivity (Wildman–Crippen MR) is 80.2 cm³/mol. The van der Waals surface area contributed by atoms with Gasteiger partial charge in [0.15, 0.2) is 0 Å². The molecule has 1 aliphatic heterocycles. The normalized spacial score (nSPS) is 14.6. The van der Waals surface area contributed by atoms with E-state index in [0.29, 0.717) is 31.9 Å². The molecule has 0 spiro atoms. The lowest BCUT2D eigenvalue weighted by Gasteiger charge is -2.36. The van der Waals surface area contributed by atoms with Gasteiger partial charge < -0.3 is 19.9 Å². The van der Waals surface area contributed by atoms with Crippen molar-refractivity contribution in [3.63, 3.8) is 0 Å². The molecule has 1 heterocycles. The third kappa shape index (κ3) is 4.09. The number of nitrogens with one attached hydrogen (secondary N) is 1. The molecule has 2 rings (SSSR count). The first kappa shape index (κ1) is 16.1. The molecule has 1 aromatic carbocycles. The second kappa shape index (κ2) is 7.63. The van der Waals surface area contributed by atoms with Crippen molar-refractivity contribution in [2.24, 2.45) is 0 Å². The van der Waals surface area contributed by atoms with Crippen LogP contribution in [0.15, 0.2) is 24.3 Å². The Labute approximate surface area is 128 Å². The number of anilines is 1. The summed E-state index contributed by atoms with van der Waals surface area (Å²) in [5.41, 5.74) is 0.550. The van der Waals surface area contributed by atoms with Crippen molar-refractivity contribution in [3.8, 4) is 0 Å². The maximum Gasteiger partial charge on any atom is 0.325 e. The van der Waals surface area contributed by atoms with Crippen LogP contribution in [-0.4, -0.2) is 56.2 Å². The third-order valence-corrected chi connectivity index (χ3v) is 3.45. The number of carbonyl (C=O) groups is 2. The summed E-state index contributed by atoms with van der Waals surface area (Å²) in [5.74, 6) is -0.719. The maximum absolute atomic E-state index is 13.7. The molecule has 0 aliphatic carbocycles. The monoisotopic (exact) mass is 309 g/mol. The molecule has 6 nitrogen and oxygen atoms in total. The van der Waals surface area contributed by atoms with Gasteiger partial charge in [0.25, 0.3) is 0 Å². The van der Waals surface area contributed by atoms with E-state index in [1.807, 2.05) is 4.90 Å². The number of benzene rings is 1. The van der Waals surface area contributed by atoms with E-state index >= 15 is 0 Å². The van der Waals surface area contributed by atoms with E-state index in [1.54, 1.807) is 30.0 Å². The SMILES string of the molecule is CCOC(=O)CNC(=O)N1CCN(c2ccccc2F)CC1. The molecule has 0 saturated carbocycles. The van der Waals surface area contributed by atoms with Crippen molar-refractivity contribution >= 4 is 17.7 Å². The van der Waals surface area contributed by atoms with Crippen molar-refractivity contribution in [1.29, 1.82) is 0 Å². The Morgan fingerprint density at radius 1 is 1.23 bits per heavy atom. The summed E-state index contributed by atoms with van der Waals surface area (Å²) in [6.07, 6.45) is 0. The summed E-state index contributed by atoms with van der Waals surface area (Å²) >= 11 is 0. The van der Waals surface area contributed by atoms with E-state index in [1.165, 1.54) is 6.07 Å². The van der Waals surface area contributed by atoms with E-state index in [-0.39, 0.29) is 25.0 Å². The lowest BCUT2D eigenvalue weighted by Crippen LogP contribution is -2.52. The molecular weight excluding hydrogens is 289 g/mol. The van der Waals surface area contributed by atoms with Gasteiger partial charge in [-0.3, -0.25) is 4.79 Å². The van der Waals surface area contributed by atoms with Crippen molar-refractivity contribution in [2.45, 2.75) is 6.92 Å². The number of halogens is 1. The number of esters is 1. The minimum atomic E-state index is -0.458. The van der Waals surface area contributed by atoms with Gasteiger partial charge in [0.1, 0.15) is 12.4 Å². The number of para-hydroxylation sites is 1. The third-order valence-electron chi connectivity index (χ3n) is 3.45. The quantitative estimate of drug-likeness (QED) is 0.850. The molecule has 1 saturated heterocycles. The van der Waals surface area contributed by atoms with Crippen LogP contribution in [-0.2, 0) is 9.53 Å². The molecule has 0 unspecified atom stereocenters. The molecule has 1 aliphatic rings. The van der Waals surface area contributed by atoms with Gasteiger partial charge in [-0.2, -0.15) is 0 Å². The Hall–Kier alpha value is -2.31. The van der Waals surface area contributed by atoms with Gasteiger partial charge in [0.05, 0.1) is 12.3 Å². The van der Waals surface area contributed by atoms with Crippen molar-refractivity contribution in [1.82, 2.24) is 10.2 Å². The molecule has 7 heteroatoms. The zero-order valence-electron chi connectivity index (χ0n) is 12.5. The highest BCUT2D eigenvalue weighted by Crippen LogP contribution is 2.19. The van der Waals surface area contributed by atoms with Crippen LogP contribution in [0, 0.1) is 5.82 Å². The van der Waals surface area contributed by atoms with Gasteiger partial charge in [-0.1, -0.05) is 12.1 Å². The van der Waals surface area contributed by atoms with Crippen LogP contribution in [0.4, 0.5) is 14.9 Å². The Kier molecular flexibility index (Phi) is 5.57. The fourth-order valence-corrected chi connectivity index (χ4v) is 2.33. The number of rotatable bonds is 4. The lowest BCUT2D eigenvalue weighted by molar-refractivity contribution is -0.141. The molecule has 0 bridgehead atoms. The van der Waals surface area contributed by atoms with Crippen molar-refractivity contribution < 1.29 is 18.7 Å². The first-order valence-corrected chi connectivity index (χ1v) is 7.29. The number of hydrogen-bond donors (Lipinski definition) is 1. The first-order valence-electron chi connectivity index (χ1n) is 7.29. The number of carbonyl (C=O) groups excluding carboxylic acids is 2. The summed E-state index contributed by atoms with van der Waals surface area (Å²) < 4.78 is 18.5. The van der Waals surface area contributed by atoms with Gasteiger partial charge in [-0.05, 0) is 19.1 Å². The summed E-state index contributed by atoms with van der Waals surface area (Å²) in [7, 11) is 0. The fraction of sp³-hybridized carbons (Fsp3) is 0.467. The van der Waals surface area contributed by atoms with E-state index in [9.17, 15) is 14.0 Å². The van der Waals surface area contributed by atoms with E-state index in [2.05, 4.69) is 5.32 Å². The number of ether oxygens (including phenoxy) is 1. The van der Waals surface area contributed by atoms with Crippen LogP contribution < -0.4 is 10.2 Å². The van der Waals surface area contributed by atoms with Gasteiger partial charge in [-0.25, -0.2) is 9.18 Å². The average molecular weight is 309 g/mol. The van der Waals surface area contributed by atoms with Crippen LogP contribution in [0.25, 0.3) is 0 Å². The summed E-state index contributed by atoms with van der Waals surface area (Å²) in [6.45, 7) is 3.91. The molecule has 22 heavy (non-hydrogen) atoms. The Morgan fingerprint density at radius 2 is 1.91 bits per heavy atom. The van der Waals surface area contributed by atoms with Gasteiger partial charge >= 0.3 is 12.0 Å². The molecule has 120 valence electrons. The minimum Gasteiger partial charge on any atom is -0.465 e. The first-order chi connectivity index (χ1) is 10.6. The van der Waals surface area contributed by atoms with Crippen LogP contribution in [0.5, 0.6) is 0 Å². The number of piperazine rings is 1. The second-order valence-corrected chi connectivity index (χ2v) is 4.89. The van der Waals surface area contributed by atoms with Crippen molar-refractivity contribution in [2.75, 3.05) is 44.2 Å². The highest BCUT2D eigenvalue weighted by atomic mass is 19.1. The molecule has 1 aromatic rings. The summed E-state index contributed by atoms with van der Waals surface area (Å²) in [4.78, 5) is 26.6. The van der Waals surface area contributed by atoms with Crippen LogP contribution in [0.3, 0.4) is 0 Å². The van der Waals surface area contributed by atoms with E-state index in [4.69, 9.17) is 4.74 Å². The number of hydrogen-bond acceptors (Lipinski definition) is 4. The topological polar surface area (TPSA) is 61.9 Å². The Balaban J connectivity index is 1.81. The van der Waals surface area contributed by atoms with Gasteiger partial charge in [0, 0.05) is 26.2 Å². The number of urea groups is 1. The molecule has 0 aromatic heterocycles. The number of amides is 2. The molecule has 0 radical (unpaired) electrons. The minimum absolute atomic E-state index is 0.139. The van der Waals surface area contributed by atoms with Crippen LogP contribution in [0.1, 0.15) is 6.92 Å². The molecular formula is C15H20FN3O3. The van der Waals surface area contributed by atoms with Gasteiger partial charge in [0.2, 0.25) is 0 Å².